The molecule has 8 heteroatoms. The van der Waals surface area contributed by atoms with Gasteiger partial charge in [0.05, 0.1) is 5.56 Å². The minimum absolute atomic E-state index is 0.146. The molecule has 21 heavy (non-hydrogen) atoms. The highest BCUT2D eigenvalue weighted by Gasteiger charge is 2.28. The summed E-state index contributed by atoms with van der Waals surface area (Å²) in [5, 5.41) is 17.9. The summed E-state index contributed by atoms with van der Waals surface area (Å²) in [5.41, 5.74) is -0.325. The standard InChI is InChI=1S/C13H9NO7/c15-12(16)8-10(13(17)18)21-11(14-8)6-2-1-3-7-9(6)20-5-4-19-7/h1-3H,4-5H2,(H,15,16)(H,17,18). The normalized spacial score (nSPS) is 13.0. The second-order valence-corrected chi connectivity index (χ2v) is 4.14. The largest absolute Gasteiger partial charge is 0.486 e. The number of hydrogen-bond acceptors (Lipinski definition) is 6. The van der Waals surface area contributed by atoms with E-state index in [1.807, 2.05) is 0 Å². The number of carboxylic acids is 2. The molecule has 3 rings (SSSR count). The maximum absolute atomic E-state index is 11.0. The van der Waals surface area contributed by atoms with E-state index in [-0.39, 0.29) is 5.89 Å². The molecule has 1 aliphatic rings. The predicted octanol–water partition coefficient (Wildman–Crippen LogP) is 1.51. The number of carboxylic acid groups (broad SMARTS) is 2. The van der Waals surface area contributed by atoms with E-state index in [0.717, 1.165) is 0 Å². The Kier molecular flexibility index (Phi) is 2.98. The molecule has 0 radical (unpaired) electrons. The summed E-state index contributed by atoms with van der Waals surface area (Å²) in [6, 6.07) is 4.90. The molecule has 1 aromatic carbocycles. The number of hydrogen-bond donors (Lipinski definition) is 2. The van der Waals surface area contributed by atoms with Gasteiger partial charge in [0.25, 0.3) is 0 Å². The van der Waals surface area contributed by atoms with E-state index >= 15 is 0 Å². The SMILES string of the molecule is O=C(O)c1nc(-c2cccc3c2OCCO3)oc1C(=O)O. The number of para-hydroxylation sites is 1. The maximum atomic E-state index is 11.0. The van der Waals surface area contributed by atoms with Crippen LogP contribution in [-0.4, -0.2) is 40.3 Å². The lowest BCUT2D eigenvalue weighted by molar-refractivity contribution is 0.0624. The van der Waals surface area contributed by atoms with Crippen LogP contribution in [-0.2, 0) is 0 Å². The molecule has 0 saturated carbocycles. The van der Waals surface area contributed by atoms with E-state index in [1.165, 1.54) is 0 Å². The summed E-state index contributed by atoms with van der Waals surface area (Å²) >= 11 is 0. The molecule has 0 aliphatic carbocycles. The van der Waals surface area contributed by atoms with Crippen molar-refractivity contribution in [3.8, 4) is 23.0 Å². The fraction of sp³-hybridized carbons (Fsp3) is 0.154. The van der Waals surface area contributed by atoms with Crippen molar-refractivity contribution in [1.29, 1.82) is 0 Å². The predicted molar refractivity (Wildman–Crippen MR) is 66.8 cm³/mol. The highest BCUT2D eigenvalue weighted by Crippen LogP contribution is 2.39. The van der Waals surface area contributed by atoms with Crippen LogP contribution in [0.4, 0.5) is 0 Å². The van der Waals surface area contributed by atoms with Gasteiger partial charge in [0.1, 0.15) is 13.2 Å². The molecule has 1 aromatic heterocycles. The van der Waals surface area contributed by atoms with Gasteiger partial charge in [0.15, 0.2) is 11.5 Å². The van der Waals surface area contributed by atoms with Crippen LogP contribution in [0.15, 0.2) is 22.6 Å². The number of nitrogens with zero attached hydrogens (tertiary/aromatic N) is 1. The zero-order chi connectivity index (χ0) is 15.0. The molecule has 0 saturated heterocycles. The van der Waals surface area contributed by atoms with Crippen molar-refractivity contribution in [2.24, 2.45) is 0 Å². The van der Waals surface area contributed by atoms with Gasteiger partial charge in [-0.05, 0) is 12.1 Å². The van der Waals surface area contributed by atoms with Crippen LogP contribution in [0.25, 0.3) is 11.5 Å². The topological polar surface area (TPSA) is 119 Å². The molecule has 0 fully saturated rings. The number of rotatable bonds is 3. The summed E-state index contributed by atoms with van der Waals surface area (Å²) in [7, 11) is 0. The minimum Gasteiger partial charge on any atom is -0.486 e. The summed E-state index contributed by atoms with van der Waals surface area (Å²) in [5.74, 6) is -3.05. The van der Waals surface area contributed by atoms with Crippen molar-refractivity contribution in [2.75, 3.05) is 13.2 Å². The lowest BCUT2D eigenvalue weighted by Crippen LogP contribution is -2.15. The summed E-state index contributed by atoms with van der Waals surface area (Å²) in [4.78, 5) is 25.8. The Bertz CT molecular complexity index is 703. The average Bonchev–Trinajstić information content (AvgIpc) is 2.92. The van der Waals surface area contributed by atoms with E-state index in [0.29, 0.717) is 30.3 Å². The Hall–Kier alpha value is -3.03. The van der Waals surface area contributed by atoms with E-state index in [9.17, 15) is 9.59 Å². The maximum Gasteiger partial charge on any atom is 0.374 e. The van der Waals surface area contributed by atoms with Crippen LogP contribution in [0, 0.1) is 0 Å². The van der Waals surface area contributed by atoms with Gasteiger partial charge in [-0.25, -0.2) is 14.6 Å². The third kappa shape index (κ3) is 2.16. The zero-order valence-corrected chi connectivity index (χ0v) is 10.5. The fourth-order valence-electron chi connectivity index (χ4n) is 1.97. The first kappa shape index (κ1) is 13.0. The van der Waals surface area contributed by atoms with Crippen molar-refractivity contribution in [2.45, 2.75) is 0 Å². The van der Waals surface area contributed by atoms with Crippen molar-refractivity contribution in [1.82, 2.24) is 4.98 Å². The molecule has 1 aliphatic heterocycles. The summed E-state index contributed by atoms with van der Waals surface area (Å²) < 4.78 is 15.9. The molecule has 0 atom stereocenters. The third-order valence-corrected chi connectivity index (χ3v) is 2.82. The monoisotopic (exact) mass is 291 g/mol. The third-order valence-electron chi connectivity index (χ3n) is 2.82. The van der Waals surface area contributed by atoms with Gasteiger partial charge < -0.3 is 24.1 Å². The van der Waals surface area contributed by atoms with Crippen LogP contribution in [0.2, 0.25) is 0 Å². The van der Waals surface area contributed by atoms with Crippen LogP contribution in [0.1, 0.15) is 21.0 Å². The van der Waals surface area contributed by atoms with Gasteiger partial charge in [-0.3, -0.25) is 0 Å². The first-order valence-corrected chi connectivity index (χ1v) is 5.94. The molecule has 2 heterocycles. The van der Waals surface area contributed by atoms with E-state index < -0.39 is 23.4 Å². The molecular formula is C13H9NO7. The number of ether oxygens (including phenoxy) is 2. The Labute approximate surface area is 117 Å². The van der Waals surface area contributed by atoms with Gasteiger partial charge >= 0.3 is 11.9 Å². The Morgan fingerprint density at radius 2 is 1.86 bits per heavy atom. The van der Waals surface area contributed by atoms with E-state index in [4.69, 9.17) is 24.1 Å². The van der Waals surface area contributed by atoms with Crippen molar-refractivity contribution in [3.63, 3.8) is 0 Å². The molecule has 2 N–H and O–H groups in total. The minimum atomic E-state index is -1.51. The lowest BCUT2D eigenvalue weighted by Gasteiger charge is -2.19. The fourth-order valence-corrected chi connectivity index (χ4v) is 1.97. The average molecular weight is 291 g/mol. The molecule has 8 nitrogen and oxygen atoms in total. The lowest BCUT2D eigenvalue weighted by atomic mass is 10.1. The first-order chi connectivity index (χ1) is 10.1. The highest BCUT2D eigenvalue weighted by atomic mass is 16.6. The van der Waals surface area contributed by atoms with Crippen molar-refractivity contribution < 1.29 is 33.7 Å². The van der Waals surface area contributed by atoms with Crippen LogP contribution < -0.4 is 9.47 Å². The van der Waals surface area contributed by atoms with Gasteiger partial charge in [-0.2, -0.15) is 0 Å². The van der Waals surface area contributed by atoms with E-state index in [2.05, 4.69) is 4.98 Å². The Balaban J connectivity index is 2.15. The molecule has 0 amide bonds. The zero-order valence-electron chi connectivity index (χ0n) is 10.5. The first-order valence-electron chi connectivity index (χ1n) is 5.94. The number of aromatic carboxylic acids is 2. The summed E-state index contributed by atoms with van der Waals surface area (Å²) in [6.07, 6.45) is 0. The van der Waals surface area contributed by atoms with Crippen LogP contribution in [0.3, 0.4) is 0 Å². The summed E-state index contributed by atoms with van der Waals surface area (Å²) in [6.45, 7) is 0.713. The molecule has 0 bridgehead atoms. The van der Waals surface area contributed by atoms with Gasteiger partial charge in [-0.15, -0.1) is 0 Å². The number of fused-ring (bicyclic) bond motifs is 1. The smallest absolute Gasteiger partial charge is 0.374 e. The Morgan fingerprint density at radius 1 is 1.10 bits per heavy atom. The second kappa shape index (κ2) is 4.82. The van der Waals surface area contributed by atoms with Crippen LogP contribution in [0.5, 0.6) is 11.5 Å². The molecule has 0 unspecified atom stereocenters. The molecule has 108 valence electrons. The van der Waals surface area contributed by atoms with Crippen molar-refractivity contribution >= 4 is 11.9 Å². The van der Waals surface area contributed by atoms with Gasteiger partial charge in [-0.1, -0.05) is 6.07 Å². The quantitative estimate of drug-likeness (QED) is 0.873. The number of carbonyl (C=O) groups is 2. The van der Waals surface area contributed by atoms with E-state index in [1.54, 1.807) is 18.2 Å². The number of oxazole rings is 1. The molecular weight excluding hydrogens is 282 g/mol. The van der Waals surface area contributed by atoms with Gasteiger partial charge in [0, 0.05) is 0 Å². The number of benzene rings is 1. The molecule has 0 spiro atoms. The highest BCUT2D eigenvalue weighted by molar-refractivity contribution is 5.98. The Morgan fingerprint density at radius 3 is 2.52 bits per heavy atom. The second-order valence-electron chi connectivity index (χ2n) is 4.14. The van der Waals surface area contributed by atoms with Gasteiger partial charge in [0.2, 0.25) is 17.3 Å². The number of aromatic nitrogens is 1. The van der Waals surface area contributed by atoms with Crippen LogP contribution >= 0.6 is 0 Å². The molecule has 2 aromatic rings. The van der Waals surface area contributed by atoms with Crippen molar-refractivity contribution in [3.05, 3.63) is 29.7 Å².